The summed E-state index contributed by atoms with van der Waals surface area (Å²) in [5, 5.41) is 2.63. The molecule has 0 aromatic heterocycles. The summed E-state index contributed by atoms with van der Waals surface area (Å²) >= 11 is 0. The number of carbonyl (C=O) groups is 1. The monoisotopic (exact) mass is 272 g/mol. The summed E-state index contributed by atoms with van der Waals surface area (Å²) in [5.41, 5.74) is 5.94. The summed E-state index contributed by atoms with van der Waals surface area (Å²) in [4.78, 5) is 11.6. The van der Waals surface area contributed by atoms with Gasteiger partial charge in [-0.1, -0.05) is 12.1 Å². The molecule has 106 valence electrons. The van der Waals surface area contributed by atoms with Crippen LogP contribution in [0, 0.1) is 0 Å². The summed E-state index contributed by atoms with van der Waals surface area (Å²) in [6.07, 6.45) is -1.71. The highest BCUT2D eigenvalue weighted by Crippen LogP contribution is 2.24. The number of nitrogens with two attached hydrogens (primary N) is 1. The van der Waals surface area contributed by atoms with E-state index in [1.54, 1.807) is 18.2 Å². The van der Waals surface area contributed by atoms with Gasteiger partial charge in [0.25, 0.3) is 6.43 Å². The minimum absolute atomic E-state index is 0.0592. The second-order valence-electron chi connectivity index (χ2n) is 4.26. The van der Waals surface area contributed by atoms with Crippen LogP contribution in [0.5, 0.6) is 5.75 Å². The van der Waals surface area contributed by atoms with Crippen LogP contribution in [0.4, 0.5) is 14.5 Å². The van der Waals surface area contributed by atoms with Crippen molar-refractivity contribution in [3.8, 4) is 5.75 Å². The van der Waals surface area contributed by atoms with Crippen LogP contribution in [-0.2, 0) is 4.79 Å². The number of alkyl halides is 2. The fourth-order valence-electron chi connectivity index (χ4n) is 1.42. The van der Waals surface area contributed by atoms with Gasteiger partial charge in [-0.3, -0.25) is 4.79 Å². The molecular weight excluding hydrogens is 254 g/mol. The van der Waals surface area contributed by atoms with Crippen LogP contribution in [0.2, 0.25) is 0 Å². The molecule has 1 unspecified atom stereocenters. The second-order valence-corrected chi connectivity index (χ2v) is 4.26. The van der Waals surface area contributed by atoms with E-state index in [9.17, 15) is 13.6 Å². The van der Waals surface area contributed by atoms with Crippen LogP contribution in [0.15, 0.2) is 24.3 Å². The Kier molecular flexibility index (Phi) is 6.21. The molecule has 1 aromatic carbocycles. The van der Waals surface area contributed by atoms with Gasteiger partial charge in [-0.15, -0.1) is 0 Å². The smallest absolute Gasteiger partial charge is 0.272 e. The summed E-state index contributed by atoms with van der Waals surface area (Å²) in [5.74, 6) is 0.0161. The standard InChI is InChI=1S/C13H18F2N2O2/c1-9(16)6-7-13(18)17-10-4-2-3-5-11(10)19-8-12(14)15/h2-5,9,12H,6-8,16H2,1H3,(H,17,18). The number of halogens is 2. The highest BCUT2D eigenvalue weighted by molar-refractivity contribution is 5.92. The maximum Gasteiger partial charge on any atom is 0.272 e. The summed E-state index contributed by atoms with van der Waals surface area (Å²) in [6, 6.07) is 6.42. The SMILES string of the molecule is CC(N)CCC(=O)Nc1ccccc1OCC(F)F. The zero-order valence-corrected chi connectivity index (χ0v) is 10.7. The lowest BCUT2D eigenvalue weighted by Gasteiger charge is -2.12. The van der Waals surface area contributed by atoms with Gasteiger partial charge in [-0.2, -0.15) is 0 Å². The first-order valence-corrected chi connectivity index (χ1v) is 6.04. The van der Waals surface area contributed by atoms with Crippen molar-refractivity contribution in [2.24, 2.45) is 5.73 Å². The average Bonchev–Trinajstić information content (AvgIpc) is 2.35. The first-order valence-electron chi connectivity index (χ1n) is 6.04. The Morgan fingerprint density at radius 3 is 2.74 bits per heavy atom. The van der Waals surface area contributed by atoms with E-state index in [1.165, 1.54) is 6.07 Å². The number of anilines is 1. The number of nitrogens with one attached hydrogen (secondary N) is 1. The van der Waals surface area contributed by atoms with E-state index >= 15 is 0 Å². The molecule has 0 aliphatic rings. The van der Waals surface area contributed by atoms with Crippen LogP contribution in [0.1, 0.15) is 19.8 Å². The molecule has 1 aromatic rings. The molecule has 19 heavy (non-hydrogen) atoms. The fraction of sp³-hybridized carbons (Fsp3) is 0.462. The largest absolute Gasteiger partial charge is 0.485 e. The Labute approximate surface area is 110 Å². The Balaban J connectivity index is 2.59. The van der Waals surface area contributed by atoms with E-state index in [0.29, 0.717) is 12.1 Å². The summed E-state index contributed by atoms with van der Waals surface area (Å²) in [6.45, 7) is 1.11. The Bertz CT molecular complexity index is 411. The minimum atomic E-state index is -2.55. The highest BCUT2D eigenvalue weighted by Gasteiger charge is 2.10. The molecule has 4 nitrogen and oxygen atoms in total. The van der Waals surface area contributed by atoms with Crippen LogP contribution in [0.3, 0.4) is 0 Å². The predicted molar refractivity (Wildman–Crippen MR) is 69.5 cm³/mol. The summed E-state index contributed by atoms with van der Waals surface area (Å²) < 4.78 is 29.1. The van der Waals surface area contributed by atoms with E-state index in [2.05, 4.69) is 5.32 Å². The highest BCUT2D eigenvalue weighted by atomic mass is 19.3. The zero-order chi connectivity index (χ0) is 14.3. The molecule has 1 rings (SSSR count). The quantitative estimate of drug-likeness (QED) is 0.801. The van der Waals surface area contributed by atoms with Gasteiger partial charge < -0.3 is 15.8 Å². The van der Waals surface area contributed by atoms with Crippen molar-refractivity contribution in [2.75, 3.05) is 11.9 Å². The number of para-hydroxylation sites is 2. The number of hydrogen-bond donors (Lipinski definition) is 2. The molecule has 3 N–H and O–H groups in total. The molecule has 0 spiro atoms. The molecule has 0 bridgehead atoms. The van der Waals surface area contributed by atoms with Crippen molar-refractivity contribution < 1.29 is 18.3 Å². The molecule has 1 atom stereocenters. The molecule has 0 radical (unpaired) electrons. The van der Waals surface area contributed by atoms with Gasteiger partial charge in [0.1, 0.15) is 12.4 Å². The van der Waals surface area contributed by atoms with Crippen molar-refractivity contribution in [2.45, 2.75) is 32.2 Å². The molecule has 1 amide bonds. The third kappa shape index (κ3) is 6.15. The van der Waals surface area contributed by atoms with Crippen LogP contribution in [-0.4, -0.2) is 25.0 Å². The van der Waals surface area contributed by atoms with Crippen LogP contribution in [0.25, 0.3) is 0 Å². The van der Waals surface area contributed by atoms with Crippen molar-refractivity contribution in [1.82, 2.24) is 0 Å². The maximum absolute atomic E-state index is 12.1. The first-order chi connectivity index (χ1) is 8.99. The number of hydrogen-bond acceptors (Lipinski definition) is 3. The van der Waals surface area contributed by atoms with E-state index < -0.39 is 13.0 Å². The molecule has 0 aliphatic heterocycles. The number of carbonyl (C=O) groups excluding carboxylic acids is 1. The maximum atomic E-state index is 12.1. The van der Waals surface area contributed by atoms with E-state index in [1.807, 2.05) is 6.92 Å². The van der Waals surface area contributed by atoms with Crippen molar-refractivity contribution in [1.29, 1.82) is 0 Å². The van der Waals surface area contributed by atoms with Gasteiger partial charge in [0, 0.05) is 12.5 Å². The lowest BCUT2D eigenvalue weighted by molar-refractivity contribution is -0.116. The molecule has 0 aliphatic carbocycles. The molecule has 0 fully saturated rings. The Hall–Kier alpha value is -1.69. The molecule has 0 saturated carbocycles. The minimum Gasteiger partial charge on any atom is -0.485 e. The number of benzene rings is 1. The summed E-state index contributed by atoms with van der Waals surface area (Å²) in [7, 11) is 0. The second kappa shape index (κ2) is 7.68. The number of ether oxygens (including phenoxy) is 1. The van der Waals surface area contributed by atoms with Gasteiger partial charge in [0.15, 0.2) is 0 Å². The van der Waals surface area contributed by atoms with Crippen LogP contribution >= 0.6 is 0 Å². The fourth-order valence-corrected chi connectivity index (χ4v) is 1.42. The van der Waals surface area contributed by atoms with Crippen LogP contribution < -0.4 is 15.8 Å². The van der Waals surface area contributed by atoms with Gasteiger partial charge >= 0.3 is 0 Å². The lowest BCUT2D eigenvalue weighted by atomic mass is 10.2. The van der Waals surface area contributed by atoms with Crippen molar-refractivity contribution in [3.63, 3.8) is 0 Å². The van der Waals surface area contributed by atoms with Crippen molar-refractivity contribution >= 4 is 11.6 Å². The molecule has 0 saturated heterocycles. The molecular formula is C13H18F2N2O2. The number of amides is 1. The molecule has 6 heteroatoms. The third-order valence-corrected chi connectivity index (χ3v) is 2.35. The van der Waals surface area contributed by atoms with Crippen molar-refractivity contribution in [3.05, 3.63) is 24.3 Å². The van der Waals surface area contributed by atoms with E-state index in [-0.39, 0.29) is 24.1 Å². The lowest BCUT2D eigenvalue weighted by Crippen LogP contribution is -2.20. The predicted octanol–water partition coefficient (Wildman–Crippen LogP) is 2.40. The Morgan fingerprint density at radius 2 is 2.11 bits per heavy atom. The van der Waals surface area contributed by atoms with Gasteiger partial charge in [-0.05, 0) is 25.5 Å². The topological polar surface area (TPSA) is 64.4 Å². The van der Waals surface area contributed by atoms with Gasteiger partial charge in [-0.25, -0.2) is 8.78 Å². The normalized spacial score (nSPS) is 12.3. The van der Waals surface area contributed by atoms with E-state index in [4.69, 9.17) is 10.5 Å². The van der Waals surface area contributed by atoms with E-state index in [0.717, 1.165) is 0 Å². The zero-order valence-electron chi connectivity index (χ0n) is 10.7. The Morgan fingerprint density at radius 1 is 1.42 bits per heavy atom. The van der Waals surface area contributed by atoms with Gasteiger partial charge in [0.05, 0.1) is 5.69 Å². The first kappa shape index (κ1) is 15.4. The third-order valence-electron chi connectivity index (χ3n) is 2.35. The van der Waals surface area contributed by atoms with Gasteiger partial charge in [0.2, 0.25) is 5.91 Å². The average molecular weight is 272 g/mol. The number of rotatable bonds is 7. The molecule has 0 heterocycles.